The average molecular weight is 333 g/mol. The van der Waals surface area contributed by atoms with Crippen molar-refractivity contribution >= 4 is 29.9 Å². The van der Waals surface area contributed by atoms with Gasteiger partial charge in [0, 0.05) is 19.6 Å². The third-order valence-electron chi connectivity index (χ3n) is 4.75. The molecule has 0 amide bonds. The maximum Gasteiger partial charge on any atom is 0.197 e. The van der Waals surface area contributed by atoms with E-state index in [1.165, 1.54) is 57.7 Å². The number of hydrogen-bond acceptors (Lipinski definition) is 3. The first-order valence-corrected chi connectivity index (χ1v) is 6.42. The maximum atomic E-state index is 4.75. The third-order valence-corrected chi connectivity index (χ3v) is 4.75. The lowest BCUT2D eigenvalue weighted by atomic mass is 9.95. The first-order chi connectivity index (χ1) is 7.36. The summed E-state index contributed by atoms with van der Waals surface area (Å²) in [7, 11) is 0. The lowest BCUT2D eigenvalue weighted by Crippen LogP contribution is -2.55. The van der Waals surface area contributed by atoms with Crippen molar-refractivity contribution in [1.82, 2.24) is 9.80 Å². The Balaban J connectivity index is 0.000000810. The smallest absolute Gasteiger partial charge is 0.197 e. The molecule has 0 aromatic heterocycles. The molecule has 4 heteroatoms. The Morgan fingerprint density at radius 2 is 2.06 bits per heavy atom. The largest absolute Gasteiger partial charge is 0.342 e. The molecule has 0 bridgehead atoms. The molecule has 4 rings (SSSR count). The molecule has 1 unspecified atom stereocenters. The molecule has 1 aliphatic carbocycles. The quantitative estimate of drug-likeness (QED) is 0.631. The number of guanidine groups is 1. The van der Waals surface area contributed by atoms with Crippen molar-refractivity contribution in [2.24, 2.45) is 10.4 Å². The minimum atomic E-state index is 0. The second kappa shape index (κ2) is 3.75. The summed E-state index contributed by atoms with van der Waals surface area (Å²) in [4.78, 5) is 9.85. The second-order valence-electron chi connectivity index (χ2n) is 5.80. The van der Waals surface area contributed by atoms with E-state index in [9.17, 15) is 0 Å². The molecule has 1 saturated carbocycles. The van der Waals surface area contributed by atoms with Crippen LogP contribution in [0.5, 0.6) is 0 Å². The van der Waals surface area contributed by atoms with Gasteiger partial charge in [-0.15, -0.1) is 24.0 Å². The molecule has 1 atom stereocenters. The predicted molar refractivity (Wildman–Crippen MR) is 75.3 cm³/mol. The van der Waals surface area contributed by atoms with E-state index in [2.05, 4.69) is 9.80 Å². The van der Waals surface area contributed by atoms with Gasteiger partial charge in [-0.1, -0.05) is 0 Å². The summed E-state index contributed by atoms with van der Waals surface area (Å²) in [6.45, 7) is 4.88. The van der Waals surface area contributed by atoms with Crippen molar-refractivity contribution in [3.63, 3.8) is 0 Å². The Kier molecular flexibility index (Phi) is 2.60. The van der Waals surface area contributed by atoms with E-state index in [4.69, 9.17) is 4.99 Å². The molecule has 0 N–H and O–H groups in total. The van der Waals surface area contributed by atoms with Gasteiger partial charge in [0.05, 0.1) is 12.6 Å². The van der Waals surface area contributed by atoms with Crippen LogP contribution in [-0.2, 0) is 0 Å². The highest BCUT2D eigenvalue weighted by molar-refractivity contribution is 14.0. The summed E-state index contributed by atoms with van der Waals surface area (Å²) in [6, 6.07) is 0.775. The van der Waals surface area contributed by atoms with E-state index in [1.54, 1.807) is 0 Å². The number of nitrogens with zero attached hydrogens (tertiary/aromatic N) is 3. The summed E-state index contributed by atoms with van der Waals surface area (Å²) in [5, 5.41) is 0. The summed E-state index contributed by atoms with van der Waals surface area (Å²) in [5.41, 5.74) is 0.726. The van der Waals surface area contributed by atoms with Crippen LogP contribution in [0.3, 0.4) is 0 Å². The van der Waals surface area contributed by atoms with E-state index in [1.807, 2.05) is 0 Å². The SMILES string of the molecule is C1CN(C2=NCC3CCN23)CC2(C1)CC2.I. The Labute approximate surface area is 114 Å². The average Bonchev–Trinajstić information content (AvgIpc) is 2.87. The minimum absolute atomic E-state index is 0. The number of hydrogen-bond donors (Lipinski definition) is 0. The van der Waals surface area contributed by atoms with Crippen molar-refractivity contribution < 1.29 is 0 Å². The molecular weight excluding hydrogens is 313 g/mol. The topological polar surface area (TPSA) is 18.8 Å². The first-order valence-electron chi connectivity index (χ1n) is 6.42. The van der Waals surface area contributed by atoms with Crippen LogP contribution in [0.15, 0.2) is 4.99 Å². The van der Waals surface area contributed by atoms with Gasteiger partial charge < -0.3 is 9.80 Å². The number of rotatable bonds is 0. The van der Waals surface area contributed by atoms with Gasteiger partial charge in [-0.2, -0.15) is 0 Å². The fourth-order valence-corrected chi connectivity index (χ4v) is 3.42. The lowest BCUT2D eigenvalue weighted by Gasteiger charge is -2.43. The molecule has 1 spiro atoms. The first kappa shape index (κ1) is 11.1. The lowest BCUT2D eigenvalue weighted by molar-refractivity contribution is 0.162. The number of fused-ring (bicyclic) bond motifs is 1. The van der Waals surface area contributed by atoms with Crippen LogP contribution in [0.2, 0.25) is 0 Å². The number of halogens is 1. The Morgan fingerprint density at radius 3 is 2.69 bits per heavy atom. The molecular formula is C12H20IN3. The molecule has 16 heavy (non-hydrogen) atoms. The molecule has 0 aromatic rings. The van der Waals surface area contributed by atoms with E-state index < -0.39 is 0 Å². The van der Waals surface area contributed by atoms with E-state index in [-0.39, 0.29) is 24.0 Å². The molecule has 3 heterocycles. The zero-order valence-corrected chi connectivity index (χ0v) is 12.0. The Hall–Kier alpha value is 0. The summed E-state index contributed by atoms with van der Waals surface area (Å²) in [5.74, 6) is 1.34. The van der Waals surface area contributed by atoms with E-state index in [0.717, 1.165) is 18.0 Å². The monoisotopic (exact) mass is 333 g/mol. The normalized spacial score (nSPS) is 34.0. The fraction of sp³-hybridized carbons (Fsp3) is 0.917. The van der Waals surface area contributed by atoms with Crippen molar-refractivity contribution in [3.8, 4) is 0 Å². The van der Waals surface area contributed by atoms with Gasteiger partial charge in [0.25, 0.3) is 0 Å². The Bertz CT molecular complexity index is 324. The van der Waals surface area contributed by atoms with Gasteiger partial charge in [0.15, 0.2) is 5.96 Å². The standard InChI is InChI=1S/C12H19N3.HI/c1-3-12(4-5-12)9-14(6-1)11-13-8-10-2-7-15(10)11;/h10H,1-9H2;1H. The molecule has 0 aromatic carbocycles. The zero-order valence-electron chi connectivity index (χ0n) is 9.69. The molecule has 3 aliphatic heterocycles. The summed E-state index contributed by atoms with van der Waals surface area (Å²) in [6.07, 6.45) is 7.17. The van der Waals surface area contributed by atoms with E-state index in [0.29, 0.717) is 0 Å². The van der Waals surface area contributed by atoms with Crippen LogP contribution < -0.4 is 0 Å². The summed E-state index contributed by atoms with van der Waals surface area (Å²) < 4.78 is 0. The van der Waals surface area contributed by atoms with Gasteiger partial charge in [-0.3, -0.25) is 4.99 Å². The minimum Gasteiger partial charge on any atom is -0.342 e. The molecule has 90 valence electrons. The predicted octanol–water partition coefficient (Wildman–Crippen LogP) is 1.92. The molecule has 4 aliphatic rings. The number of likely N-dealkylation sites (tertiary alicyclic amines) is 1. The Morgan fingerprint density at radius 1 is 1.19 bits per heavy atom. The molecule has 0 radical (unpaired) electrons. The molecule has 3 fully saturated rings. The van der Waals surface area contributed by atoms with Gasteiger partial charge in [0.1, 0.15) is 0 Å². The maximum absolute atomic E-state index is 4.75. The van der Waals surface area contributed by atoms with Crippen LogP contribution in [0.1, 0.15) is 32.1 Å². The highest BCUT2D eigenvalue weighted by Gasteiger charge is 2.48. The van der Waals surface area contributed by atoms with Crippen molar-refractivity contribution in [3.05, 3.63) is 0 Å². The summed E-state index contributed by atoms with van der Waals surface area (Å²) >= 11 is 0. The van der Waals surface area contributed by atoms with Crippen molar-refractivity contribution in [2.45, 2.75) is 38.1 Å². The van der Waals surface area contributed by atoms with Crippen LogP contribution in [0, 0.1) is 5.41 Å². The van der Waals surface area contributed by atoms with Crippen molar-refractivity contribution in [2.75, 3.05) is 26.2 Å². The number of aliphatic imine (C=N–C) groups is 1. The van der Waals surface area contributed by atoms with Gasteiger partial charge >= 0.3 is 0 Å². The van der Waals surface area contributed by atoms with Crippen LogP contribution in [-0.4, -0.2) is 48.0 Å². The van der Waals surface area contributed by atoms with Crippen molar-refractivity contribution in [1.29, 1.82) is 0 Å². The van der Waals surface area contributed by atoms with Crippen LogP contribution >= 0.6 is 24.0 Å². The third kappa shape index (κ3) is 1.56. The highest BCUT2D eigenvalue weighted by Crippen LogP contribution is 2.52. The molecule has 3 nitrogen and oxygen atoms in total. The van der Waals surface area contributed by atoms with Gasteiger partial charge in [-0.05, 0) is 37.5 Å². The zero-order chi connectivity index (χ0) is 9.88. The molecule has 2 saturated heterocycles. The van der Waals surface area contributed by atoms with Gasteiger partial charge in [0.2, 0.25) is 0 Å². The van der Waals surface area contributed by atoms with Crippen LogP contribution in [0.25, 0.3) is 0 Å². The van der Waals surface area contributed by atoms with E-state index >= 15 is 0 Å². The second-order valence-corrected chi connectivity index (χ2v) is 5.80. The van der Waals surface area contributed by atoms with Crippen LogP contribution in [0.4, 0.5) is 0 Å². The number of piperidine rings is 1. The van der Waals surface area contributed by atoms with Gasteiger partial charge in [-0.25, -0.2) is 0 Å². The fourth-order valence-electron chi connectivity index (χ4n) is 3.42. The highest BCUT2D eigenvalue weighted by atomic mass is 127.